The topological polar surface area (TPSA) is 58.1 Å². The molecule has 160 valence electrons. The van der Waals surface area contributed by atoms with E-state index in [-0.39, 0.29) is 11.6 Å². The summed E-state index contributed by atoms with van der Waals surface area (Å²) >= 11 is 0. The van der Waals surface area contributed by atoms with Crippen LogP contribution in [0.15, 0.2) is 48.5 Å². The Morgan fingerprint density at radius 1 is 1.06 bits per heavy atom. The molecule has 0 bridgehead atoms. The van der Waals surface area contributed by atoms with Gasteiger partial charge in [0.05, 0.1) is 11.6 Å². The number of amides is 1. The average molecular weight is 426 g/mol. The molecule has 4 rings (SSSR count). The number of rotatable bonds is 4. The summed E-state index contributed by atoms with van der Waals surface area (Å²) in [6.07, 6.45) is 1.38. The molecule has 1 fully saturated rings. The monoisotopic (exact) mass is 426 g/mol. The van der Waals surface area contributed by atoms with Gasteiger partial charge in [0.25, 0.3) is 0 Å². The number of nitrogens with zero attached hydrogens (tertiary/aromatic N) is 3. The maximum atomic E-state index is 13.4. The second-order valence-corrected chi connectivity index (χ2v) is 7.67. The summed E-state index contributed by atoms with van der Waals surface area (Å²) in [7, 11) is 0. The molecular formula is C23H21F3N4O. The highest BCUT2D eigenvalue weighted by atomic mass is 19.2. The molecule has 0 aliphatic carbocycles. The van der Waals surface area contributed by atoms with Crippen LogP contribution in [0.5, 0.6) is 0 Å². The molecule has 31 heavy (non-hydrogen) atoms. The van der Waals surface area contributed by atoms with Crippen molar-refractivity contribution in [1.82, 2.24) is 10.2 Å². The lowest BCUT2D eigenvalue weighted by Crippen LogP contribution is -2.41. The number of aryl methyl sites for hydroxylation is 1. The lowest BCUT2D eigenvalue weighted by molar-refractivity contribution is -0.120. The number of anilines is 2. The van der Waals surface area contributed by atoms with E-state index in [2.05, 4.69) is 15.5 Å². The van der Waals surface area contributed by atoms with Crippen LogP contribution < -0.4 is 10.2 Å². The lowest BCUT2D eigenvalue weighted by Gasteiger charge is -2.32. The summed E-state index contributed by atoms with van der Waals surface area (Å²) in [6.45, 7) is 3.14. The first-order valence-corrected chi connectivity index (χ1v) is 10.0. The summed E-state index contributed by atoms with van der Waals surface area (Å²) in [5.74, 6) is -4.36. The van der Waals surface area contributed by atoms with Gasteiger partial charge in [0.2, 0.25) is 5.91 Å². The van der Waals surface area contributed by atoms with Crippen molar-refractivity contribution in [3.63, 3.8) is 0 Å². The van der Waals surface area contributed by atoms with E-state index in [1.165, 1.54) is 0 Å². The summed E-state index contributed by atoms with van der Waals surface area (Å²) < 4.78 is 39.9. The molecule has 5 nitrogen and oxygen atoms in total. The van der Waals surface area contributed by atoms with E-state index in [0.717, 1.165) is 41.9 Å². The highest BCUT2D eigenvalue weighted by Crippen LogP contribution is 2.25. The van der Waals surface area contributed by atoms with Gasteiger partial charge in [-0.15, -0.1) is 10.2 Å². The van der Waals surface area contributed by atoms with Crippen LogP contribution >= 0.6 is 0 Å². The molecule has 0 radical (unpaired) electrons. The van der Waals surface area contributed by atoms with Crippen molar-refractivity contribution in [2.24, 2.45) is 5.92 Å². The number of piperidine rings is 1. The lowest BCUT2D eigenvalue weighted by atomic mass is 9.97. The van der Waals surface area contributed by atoms with Gasteiger partial charge in [0.1, 0.15) is 0 Å². The first kappa shape index (κ1) is 20.8. The summed E-state index contributed by atoms with van der Waals surface area (Å²) in [5, 5.41) is 11.1. The fourth-order valence-corrected chi connectivity index (χ4v) is 3.72. The molecule has 2 aromatic carbocycles. The van der Waals surface area contributed by atoms with E-state index in [9.17, 15) is 18.0 Å². The van der Waals surface area contributed by atoms with Crippen LogP contribution in [0.3, 0.4) is 0 Å². The Morgan fingerprint density at radius 2 is 1.84 bits per heavy atom. The van der Waals surface area contributed by atoms with Gasteiger partial charge in [-0.1, -0.05) is 23.8 Å². The SMILES string of the molecule is Cc1cccc(-c2ccc(N3CCCC(C(=O)Nc4cc(F)c(F)c(F)c4)C3)nn2)c1. The van der Waals surface area contributed by atoms with Crippen molar-refractivity contribution >= 4 is 17.4 Å². The summed E-state index contributed by atoms with van der Waals surface area (Å²) in [5.41, 5.74) is 2.77. The number of halogens is 3. The first-order chi connectivity index (χ1) is 14.9. The molecule has 1 aromatic heterocycles. The number of hydrogen-bond donors (Lipinski definition) is 1. The van der Waals surface area contributed by atoms with Crippen LogP contribution in [0, 0.1) is 30.3 Å². The highest BCUT2D eigenvalue weighted by molar-refractivity contribution is 5.93. The molecule has 1 N–H and O–H groups in total. The van der Waals surface area contributed by atoms with Crippen LogP contribution in [0.25, 0.3) is 11.3 Å². The molecule has 1 amide bonds. The molecule has 3 aromatic rings. The van der Waals surface area contributed by atoms with Gasteiger partial charge < -0.3 is 10.2 Å². The Morgan fingerprint density at radius 3 is 2.52 bits per heavy atom. The maximum Gasteiger partial charge on any atom is 0.229 e. The van der Waals surface area contributed by atoms with Gasteiger partial charge in [-0.05, 0) is 38.0 Å². The number of carbonyl (C=O) groups excluding carboxylic acids is 1. The molecule has 1 aliphatic rings. The standard InChI is InChI=1S/C23H21F3N4O/c1-14-4-2-5-15(10-14)20-7-8-21(29-28-20)30-9-3-6-16(13-30)23(31)27-17-11-18(24)22(26)19(25)12-17/h2,4-5,7-8,10-12,16H,3,6,9,13H2,1H3,(H,27,31). The maximum absolute atomic E-state index is 13.4. The van der Waals surface area contributed by atoms with Crippen molar-refractivity contribution in [1.29, 1.82) is 0 Å². The third-order valence-corrected chi connectivity index (χ3v) is 5.33. The zero-order chi connectivity index (χ0) is 22.0. The van der Waals surface area contributed by atoms with E-state index in [1.54, 1.807) is 0 Å². The van der Waals surface area contributed by atoms with Crippen molar-refractivity contribution < 1.29 is 18.0 Å². The molecule has 2 heterocycles. The molecular weight excluding hydrogens is 405 g/mol. The minimum Gasteiger partial charge on any atom is -0.354 e. The second-order valence-electron chi connectivity index (χ2n) is 7.67. The molecule has 1 saturated heterocycles. The molecule has 0 spiro atoms. The van der Waals surface area contributed by atoms with Gasteiger partial charge in [-0.3, -0.25) is 4.79 Å². The predicted octanol–water partition coefficient (Wildman–Crippen LogP) is 4.72. The quantitative estimate of drug-likeness (QED) is 0.613. The number of hydrogen-bond acceptors (Lipinski definition) is 4. The van der Waals surface area contributed by atoms with E-state index in [0.29, 0.717) is 18.8 Å². The number of benzene rings is 2. The number of nitrogens with one attached hydrogen (secondary N) is 1. The molecule has 1 atom stereocenters. The zero-order valence-electron chi connectivity index (χ0n) is 16.9. The smallest absolute Gasteiger partial charge is 0.229 e. The van der Waals surface area contributed by atoms with Crippen LogP contribution in [-0.4, -0.2) is 29.2 Å². The van der Waals surface area contributed by atoms with Crippen molar-refractivity contribution in [3.05, 3.63) is 71.5 Å². The van der Waals surface area contributed by atoms with Gasteiger partial charge in [0.15, 0.2) is 23.3 Å². The molecule has 0 saturated carbocycles. The molecule has 1 unspecified atom stereocenters. The van der Waals surface area contributed by atoms with Gasteiger partial charge in [0, 0.05) is 36.5 Å². The highest BCUT2D eigenvalue weighted by Gasteiger charge is 2.27. The Labute approximate surface area is 177 Å². The Balaban J connectivity index is 1.44. The van der Waals surface area contributed by atoms with Crippen molar-refractivity contribution in [3.8, 4) is 11.3 Å². The van der Waals surface area contributed by atoms with E-state index in [1.807, 2.05) is 48.2 Å². The third-order valence-electron chi connectivity index (χ3n) is 5.33. The minimum absolute atomic E-state index is 0.110. The Hall–Kier alpha value is -3.42. The van der Waals surface area contributed by atoms with Gasteiger partial charge in [-0.2, -0.15) is 0 Å². The number of aromatic nitrogens is 2. The second kappa shape index (κ2) is 8.75. The Kier molecular flexibility index (Phi) is 5.88. The van der Waals surface area contributed by atoms with Crippen LogP contribution in [0.4, 0.5) is 24.7 Å². The van der Waals surface area contributed by atoms with Crippen molar-refractivity contribution in [2.45, 2.75) is 19.8 Å². The van der Waals surface area contributed by atoms with E-state index in [4.69, 9.17) is 0 Å². The van der Waals surface area contributed by atoms with Crippen LogP contribution in [-0.2, 0) is 4.79 Å². The fourth-order valence-electron chi connectivity index (χ4n) is 3.72. The molecule has 1 aliphatic heterocycles. The van der Waals surface area contributed by atoms with E-state index >= 15 is 0 Å². The Bertz CT molecular complexity index is 1080. The average Bonchev–Trinajstić information content (AvgIpc) is 2.77. The van der Waals surface area contributed by atoms with Crippen LogP contribution in [0.1, 0.15) is 18.4 Å². The van der Waals surface area contributed by atoms with Gasteiger partial charge >= 0.3 is 0 Å². The normalized spacial score (nSPS) is 16.3. The zero-order valence-corrected chi connectivity index (χ0v) is 16.9. The largest absolute Gasteiger partial charge is 0.354 e. The predicted molar refractivity (Wildman–Crippen MR) is 112 cm³/mol. The first-order valence-electron chi connectivity index (χ1n) is 10.0. The molecule has 8 heteroatoms. The summed E-state index contributed by atoms with van der Waals surface area (Å²) in [4.78, 5) is 14.6. The van der Waals surface area contributed by atoms with Crippen molar-refractivity contribution in [2.75, 3.05) is 23.3 Å². The van der Waals surface area contributed by atoms with Gasteiger partial charge in [-0.25, -0.2) is 13.2 Å². The fraction of sp³-hybridized carbons (Fsp3) is 0.261. The van der Waals surface area contributed by atoms with Crippen LogP contribution in [0.2, 0.25) is 0 Å². The van der Waals surface area contributed by atoms with E-state index < -0.39 is 23.4 Å². The summed E-state index contributed by atoms with van der Waals surface area (Å²) in [6, 6.07) is 13.3. The minimum atomic E-state index is -1.56. The number of carbonyl (C=O) groups is 1. The third kappa shape index (κ3) is 4.68.